The topological polar surface area (TPSA) is 59.1 Å². The Kier molecular flexibility index (Phi) is 4.34. The number of benzene rings is 1. The van der Waals surface area contributed by atoms with Crippen molar-refractivity contribution in [3.8, 4) is 5.75 Å². The van der Waals surface area contributed by atoms with E-state index < -0.39 is 5.82 Å². The van der Waals surface area contributed by atoms with Crippen LogP contribution in [0.25, 0.3) is 0 Å². The number of nitrogens with one attached hydrogen (secondary N) is 2. The van der Waals surface area contributed by atoms with Gasteiger partial charge in [-0.2, -0.15) is 0 Å². The minimum atomic E-state index is -0.420. The lowest BCUT2D eigenvalue weighted by Crippen LogP contribution is -2.05. The van der Waals surface area contributed by atoms with E-state index in [0.717, 1.165) is 17.9 Å². The standard InChI is InChI=1S/C14H17FN4O/c1-4-16-13-9(2)14(18-8-17-13)19-10-5-6-12(20-3)11(15)7-10/h5-8H,4H2,1-3H3,(H2,16,17,18,19). The Bertz CT molecular complexity index is 604. The lowest BCUT2D eigenvalue weighted by atomic mass is 10.2. The Balaban J connectivity index is 2.26. The molecule has 0 spiro atoms. The van der Waals surface area contributed by atoms with Crippen molar-refractivity contribution in [1.29, 1.82) is 0 Å². The largest absolute Gasteiger partial charge is 0.494 e. The quantitative estimate of drug-likeness (QED) is 0.878. The average molecular weight is 276 g/mol. The predicted octanol–water partition coefficient (Wildman–Crippen LogP) is 3.11. The number of methoxy groups -OCH3 is 1. The van der Waals surface area contributed by atoms with E-state index in [1.54, 1.807) is 12.1 Å². The van der Waals surface area contributed by atoms with Crippen molar-refractivity contribution >= 4 is 17.3 Å². The van der Waals surface area contributed by atoms with Crippen LogP contribution in [0, 0.1) is 12.7 Å². The molecule has 106 valence electrons. The molecule has 0 aliphatic carbocycles. The summed E-state index contributed by atoms with van der Waals surface area (Å²) in [4.78, 5) is 8.33. The SMILES string of the molecule is CCNc1ncnc(Nc2ccc(OC)c(F)c2)c1C. The first-order valence-corrected chi connectivity index (χ1v) is 6.31. The zero-order valence-electron chi connectivity index (χ0n) is 11.7. The Hall–Kier alpha value is -2.37. The fourth-order valence-corrected chi connectivity index (χ4v) is 1.80. The minimum absolute atomic E-state index is 0.211. The van der Waals surface area contributed by atoms with E-state index in [0.29, 0.717) is 11.5 Å². The van der Waals surface area contributed by atoms with Crippen molar-refractivity contribution in [3.63, 3.8) is 0 Å². The van der Waals surface area contributed by atoms with E-state index in [1.807, 2.05) is 13.8 Å². The van der Waals surface area contributed by atoms with E-state index in [4.69, 9.17) is 4.74 Å². The third-order valence-corrected chi connectivity index (χ3v) is 2.84. The summed E-state index contributed by atoms with van der Waals surface area (Å²) in [5, 5.41) is 6.22. The number of halogens is 1. The number of nitrogens with zero attached hydrogens (tertiary/aromatic N) is 2. The Labute approximate surface area is 117 Å². The summed E-state index contributed by atoms with van der Waals surface area (Å²) >= 11 is 0. The van der Waals surface area contributed by atoms with E-state index in [-0.39, 0.29) is 5.75 Å². The van der Waals surface area contributed by atoms with Gasteiger partial charge < -0.3 is 15.4 Å². The van der Waals surface area contributed by atoms with Gasteiger partial charge in [-0.05, 0) is 26.0 Å². The molecule has 0 bridgehead atoms. The van der Waals surface area contributed by atoms with E-state index in [9.17, 15) is 4.39 Å². The number of rotatable bonds is 5. The van der Waals surface area contributed by atoms with Crippen LogP contribution in [0.4, 0.5) is 21.7 Å². The molecule has 1 aromatic heterocycles. The van der Waals surface area contributed by atoms with Gasteiger partial charge in [0.05, 0.1) is 7.11 Å². The van der Waals surface area contributed by atoms with Crippen LogP contribution in [0.5, 0.6) is 5.75 Å². The molecule has 0 unspecified atom stereocenters. The van der Waals surface area contributed by atoms with Gasteiger partial charge in [0.15, 0.2) is 11.6 Å². The van der Waals surface area contributed by atoms with Crippen LogP contribution in [-0.2, 0) is 0 Å². The molecular weight excluding hydrogens is 259 g/mol. The molecule has 0 aliphatic heterocycles. The molecule has 5 nitrogen and oxygen atoms in total. The maximum atomic E-state index is 13.6. The second-order valence-corrected chi connectivity index (χ2v) is 4.20. The molecule has 0 aliphatic rings. The Morgan fingerprint density at radius 3 is 2.65 bits per heavy atom. The van der Waals surface area contributed by atoms with Crippen LogP contribution >= 0.6 is 0 Å². The van der Waals surface area contributed by atoms with Crippen LogP contribution in [0.15, 0.2) is 24.5 Å². The maximum absolute atomic E-state index is 13.6. The summed E-state index contributed by atoms with van der Waals surface area (Å²) in [5.74, 6) is 1.19. The van der Waals surface area contributed by atoms with Crippen molar-refractivity contribution in [1.82, 2.24) is 9.97 Å². The summed E-state index contributed by atoms with van der Waals surface area (Å²) in [6.45, 7) is 4.67. The van der Waals surface area contributed by atoms with Gasteiger partial charge in [0.2, 0.25) is 0 Å². The summed E-state index contributed by atoms with van der Waals surface area (Å²) in [6.07, 6.45) is 1.47. The summed E-state index contributed by atoms with van der Waals surface area (Å²) in [7, 11) is 1.43. The van der Waals surface area contributed by atoms with Gasteiger partial charge in [0.25, 0.3) is 0 Å². The van der Waals surface area contributed by atoms with Crippen molar-refractivity contribution < 1.29 is 9.13 Å². The molecule has 20 heavy (non-hydrogen) atoms. The van der Waals surface area contributed by atoms with Gasteiger partial charge in [-0.3, -0.25) is 0 Å². The number of aromatic nitrogens is 2. The maximum Gasteiger partial charge on any atom is 0.167 e. The molecule has 0 saturated carbocycles. The monoisotopic (exact) mass is 276 g/mol. The lowest BCUT2D eigenvalue weighted by Gasteiger charge is -2.12. The molecule has 2 rings (SSSR count). The second kappa shape index (κ2) is 6.18. The molecule has 2 N–H and O–H groups in total. The molecular formula is C14H17FN4O. The van der Waals surface area contributed by atoms with Crippen LogP contribution < -0.4 is 15.4 Å². The summed E-state index contributed by atoms with van der Waals surface area (Å²) in [5.41, 5.74) is 1.48. The Morgan fingerprint density at radius 1 is 1.25 bits per heavy atom. The smallest absolute Gasteiger partial charge is 0.167 e. The van der Waals surface area contributed by atoms with Gasteiger partial charge in [-0.1, -0.05) is 0 Å². The van der Waals surface area contributed by atoms with Crippen molar-refractivity contribution in [2.45, 2.75) is 13.8 Å². The Morgan fingerprint density at radius 2 is 2.00 bits per heavy atom. The molecule has 0 amide bonds. The molecule has 1 aromatic carbocycles. The van der Waals surface area contributed by atoms with Gasteiger partial charge >= 0.3 is 0 Å². The highest BCUT2D eigenvalue weighted by Crippen LogP contribution is 2.25. The molecule has 0 radical (unpaired) electrons. The molecule has 1 heterocycles. The number of anilines is 3. The minimum Gasteiger partial charge on any atom is -0.494 e. The van der Waals surface area contributed by atoms with Crippen LogP contribution in [0.2, 0.25) is 0 Å². The zero-order valence-corrected chi connectivity index (χ0v) is 11.7. The fraction of sp³-hybridized carbons (Fsp3) is 0.286. The summed E-state index contributed by atoms with van der Waals surface area (Å²) < 4.78 is 18.5. The highest BCUT2D eigenvalue weighted by atomic mass is 19.1. The normalized spacial score (nSPS) is 10.2. The fourth-order valence-electron chi connectivity index (χ4n) is 1.80. The van der Waals surface area contributed by atoms with Gasteiger partial charge in [0, 0.05) is 23.9 Å². The van der Waals surface area contributed by atoms with E-state index in [2.05, 4.69) is 20.6 Å². The third-order valence-electron chi connectivity index (χ3n) is 2.84. The first kappa shape index (κ1) is 14.0. The second-order valence-electron chi connectivity index (χ2n) is 4.20. The van der Waals surface area contributed by atoms with Crippen LogP contribution in [-0.4, -0.2) is 23.6 Å². The number of ether oxygens (including phenoxy) is 1. The van der Waals surface area contributed by atoms with Crippen LogP contribution in [0.3, 0.4) is 0 Å². The van der Waals surface area contributed by atoms with E-state index >= 15 is 0 Å². The first-order valence-electron chi connectivity index (χ1n) is 6.31. The van der Waals surface area contributed by atoms with Crippen molar-refractivity contribution in [2.24, 2.45) is 0 Å². The highest BCUT2D eigenvalue weighted by molar-refractivity contribution is 5.64. The summed E-state index contributed by atoms with van der Waals surface area (Å²) in [6, 6.07) is 4.67. The van der Waals surface area contributed by atoms with E-state index in [1.165, 1.54) is 19.5 Å². The first-order chi connectivity index (χ1) is 9.65. The molecule has 2 aromatic rings. The number of hydrogen-bond acceptors (Lipinski definition) is 5. The van der Waals surface area contributed by atoms with Gasteiger partial charge in [-0.25, -0.2) is 14.4 Å². The predicted molar refractivity (Wildman–Crippen MR) is 77.2 cm³/mol. The number of hydrogen-bond donors (Lipinski definition) is 2. The molecule has 0 fully saturated rings. The van der Waals surface area contributed by atoms with Crippen LogP contribution in [0.1, 0.15) is 12.5 Å². The molecule has 6 heteroatoms. The lowest BCUT2D eigenvalue weighted by molar-refractivity contribution is 0.386. The molecule has 0 atom stereocenters. The van der Waals surface area contributed by atoms with Gasteiger partial charge in [-0.15, -0.1) is 0 Å². The zero-order chi connectivity index (χ0) is 14.5. The van der Waals surface area contributed by atoms with Crippen molar-refractivity contribution in [2.75, 3.05) is 24.3 Å². The average Bonchev–Trinajstić information content (AvgIpc) is 2.44. The van der Waals surface area contributed by atoms with Gasteiger partial charge in [0.1, 0.15) is 18.0 Å². The third kappa shape index (κ3) is 2.96. The molecule has 0 saturated heterocycles. The van der Waals surface area contributed by atoms with Crippen molar-refractivity contribution in [3.05, 3.63) is 35.9 Å². The highest BCUT2D eigenvalue weighted by Gasteiger charge is 2.08.